The molecule has 0 aliphatic heterocycles. The summed E-state index contributed by atoms with van der Waals surface area (Å²) in [5.74, 6) is 0.387. The van der Waals surface area contributed by atoms with Gasteiger partial charge >= 0.3 is 0 Å². The van der Waals surface area contributed by atoms with Gasteiger partial charge in [-0.3, -0.25) is 4.79 Å². The van der Waals surface area contributed by atoms with Crippen LogP contribution in [0.5, 0.6) is 0 Å². The number of nitrogens with two attached hydrogens (primary N) is 1. The summed E-state index contributed by atoms with van der Waals surface area (Å²) < 4.78 is 0. The van der Waals surface area contributed by atoms with E-state index in [1.54, 1.807) is 18.2 Å². The lowest BCUT2D eigenvalue weighted by molar-refractivity contribution is 0.0933. The first kappa shape index (κ1) is 12.7. The molecule has 0 spiro atoms. The van der Waals surface area contributed by atoms with Crippen molar-refractivity contribution >= 4 is 29.1 Å². The maximum absolute atomic E-state index is 11.9. The van der Waals surface area contributed by atoms with Crippen LogP contribution in [-0.4, -0.2) is 18.5 Å². The molecule has 17 heavy (non-hydrogen) atoms. The highest BCUT2D eigenvalue weighted by Crippen LogP contribution is 2.32. The minimum Gasteiger partial charge on any atom is -0.348 e. The van der Waals surface area contributed by atoms with Gasteiger partial charge in [-0.25, -0.2) is 0 Å². The van der Waals surface area contributed by atoms with Crippen molar-refractivity contribution in [3.8, 4) is 0 Å². The third-order valence-electron chi connectivity index (χ3n) is 2.94. The Hall–Kier alpha value is -0.770. The lowest BCUT2D eigenvalue weighted by Crippen LogP contribution is -2.41. The van der Waals surface area contributed by atoms with Gasteiger partial charge in [0.25, 0.3) is 5.91 Å². The minimum atomic E-state index is -0.147. The van der Waals surface area contributed by atoms with Crippen molar-refractivity contribution in [1.29, 1.82) is 0 Å². The van der Waals surface area contributed by atoms with Gasteiger partial charge in [-0.2, -0.15) is 0 Å². The number of halogens is 2. The molecule has 1 fully saturated rings. The van der Waals surface area contributed by atoms with Crippen LogP contribution in [0.4, 0.5) is 0 Å². The fourth-order valence-electron chi connectivity index (χ4n) is 1.76. The monoisotopic (exact) mass is 272 g/mol. The summed E-state index contributed by atoms with van der Waals surface area (Å²) in [6.45, 7) is 0.470. The Labute approximate surface area is 110 Å². The predicted octanol–water partition coefficient (Wildman–Crippen LogP) is 2.46. The Kier molecular flexibility index (Phi) is 3.92. The van der Waals surface area contributed by atoms with Crippen LogP contribution >= 0.6 is 23.2 Å². The maximum Gasteiger partial charge on any atom is 0.251 e. The molecule has 1 unspecified atom stereocenters. The number of hydrogen-bond donors (Lipinski definition) is 2. The SMILES string of the molecule is NCC(NC(=O)c1ccc(Cl)c(Cl)c1)C1CC1. The molecule has 0 heterocycles. The summed E-state index contributed by atoms with van der Waals surface area (Å²) >= 11 is 11.7. The zero-order valence-electron chi connectivity index (χ0n) is 9.25. The van der Waals surface area contributed by atoms with Crippen LogP contribution in [0, 0.1) is 5.92 Å². The molecule has 3 N–H and O–H groups in total. The molecule has 1 saturated carbocycles. The Morgan fingerprint density at radius 2 is 2.12 bits per heavy atom. The zero-order valence-corrected chi connectivity index (χ0v) is 10.8. The molecule has 5 heteroatoms. The van der Waals surface area contributed by atoms with Crippen LogP contribution in [0.15, 0.2) is 18.2 Å². The van der Waals surface area contributed by atoms with Crippen LogP contribution in [0.3, 0.4) is 0 Å². The van der Waals surface area contributed by atoms with Gasteiger partial charge < -0.3 is 11.1 Å². The number of carbonyl (C=O) groups is 1. The number of carbonyl (C=O) groups excluding carboxylic acids is 1. The van der Waals surface area contributed by atoms with E-state index >= 15 is 0 Å². The van der Waals surface area contributed by atoms with Gasteiger partial charge in [-0.1, -0.05) is 23.2 Å². The lowest BCUT2D eigenvalue weighted by Gasteiger charge is -2.16. The molecule has 2 rings (SSSR count). The zero-order chi connectivity index (χ0) is 12.4. The molecule has 0 radical (unpaired) electrons. The fourth-order valence-corrected chi connectivity index (χ4v) is 2.05. The topological polar surface area (TPSA) is 55.1 Å². The second-order valence-corrected chi connectivity index (χ2v) is 5.10. The van der Waals surface area contributed by atoms with E-state index < -0.39 is 0 Å². The van der Waals surface area contributed by atoms with Gasteiger partial charge in [-0.05, 0) is 37.0 Å². The molecule has 1 aromatic carbocycles. The Bertz CT molecular complexity index is 433. The highest BCUT2D eigenvalue weighted by Gasteiger charge is 2.31. The second kappa shape index (κ2) is 5.25. The third kappa shape index (κ3) is 3.12. The van der Waals surface area contributed by atoms with Gasteiger partial charge in [0.2, 0.25) is 0 Å². The molecule has 1 aliphatic carbocycles. The highest BCUT2D eigenvalue weighted by atomic mass is 35.5. The van der Waals surface area contributed by atoms with Crippen molar-refractivity contribution in [3.63, 3.8) is 0 Å². The number of amides is 1. The molecular formula is C12H14Cl2N2O. The van der Waals surface area contributed by atoms with Gasteiger partial charge in [0.05, 0.1) is 10.0 Å². The Morgan fingerprint density at radius 3 is 2.65 bits per heavy atom. The standard InChI is InChI=1S/C12H14Cl2N2O/c13-9-4-3-8(5-10(9)14)12(17)16-11(6-15)7-1-2-7/h3-5,7,11H,1-2,6,15H2,(H,16,17). The molecule has 0 bridgehead atoms. The Balaban J connectivity index is 2.05. The van der Waals surface area contributed by atoms with E-state index in [0.29, 0.717) is 28.1 Å². The van der Waals surface area contributed by atoms with Gasteiger partial charge in [0, 0.05) is 18.2 Å². The van der Waals surface area contributed by atoms with Crippen molar-refractivity contribution in [3.05, 3.63) is 33.8 Å². The van der Waals surface area contributed by atoms with Crippen LogP contribution in [-0.2, 0) is 0 Å². The van der Waals surface area contributed by atoms with E-state index in [2.05, 4.69) is 5.32 Å². The minimum absolute atomic E-state index is 0.0666. The normalized spacial score (nSPS) is 16.6. The van der Waals surface area contributed by atoms with Crippen LogP contribution in [0.2, 0.25) is 10.0 Å². The van der Waals surface area contributed by atoms with Gasteiger partial charge in [0.1, 0.15) is 0 Å². The summed E-state index contributed by atoms with van der Waals surface area (Å²) in [5.41, 5.74) is 6.14. The van der Waals surface area contributed by atoms with Crippen molar-refractivity contribution in [1.82, 2.24) is 5.32 Å². The van der Waals surface area contributed by atoms with Crippen LogP contribution in [0.25, 0.3) is 0 Å². The summed E-state index contributed by atoms with van der Waals surface area (Å²) in [6.07, 6.45) is 2.28. The number of nitrogens with one attached hydrogen (secondary N) is 1. The number of hydrogen-bond acceptors (Lipinski definition) is 2. The molecule has 1 atom stereocenters. The molecule has 1 aromatic rings. The molecule has 0 saturated heterocycles. The molecule has 0 aromatic heterocycles. The van der Waals surface area contributed by atoms with E-state index in [9.17, 15) is 4.79 Å². The van der Waals surface area contributed by atoms with E-state index in [1.807, 2.05) is 0 Å². The maximum atomic E-state index is 11.9. The van der Waals surface area contributed by atoms with Crippen LogP contribution in [0.1, 0.15) is 23.2 Å². The second-order valence-electron chi connectivity index (χ2n) is 4.28. The molecular weight excluding hydrogens is 259 g/mol. The van der Waals surface area contributed by atoms with Crippen molar-refractivity contribution < 1.29 is 4.79 Å². The first-order valence-electron chi connectivity index (χ1n) is 5.58. The molecule has 1 amide bonds. The van der Waals surface area contributed by atoms with Crippen molar-refractivity contribution in [2.75, 3.05) is 6.54 Å². The summed E-state index contributed by atoms with van der Waals surface area (Å²) in [5, 5.41) is 3.76. The largest absolute Gasteiger partial charge is 0.348 e. The molecule has 3 nitrogen and oxygen atoms in total. The summed E-state index contributed by atoms with van der Waals surface area (Å²) in [6, 6.07) is 4.91. The van der Waals surface area contributed by atoms with Crippen molar-refractivity contribution in [2.45, 2.75) is 18.9 Å². The van der Waals surface area contributed by atoms with Gasteiger partial charge in [0.15, 0.2) is 0 Å². The summed E-state index contributed by atoms with van der Waals surface area (Å²) in [7, 11) is 0. The lowest BCUT2D eigenvalue weighted by atomic mass is 10.1. The quantitative estimate of drug-likeness (QED) is 0.885. The summed E-state index contributed by atoms with van der Waals surface area (Å²) in [4.78, 5) is 11.9. The third-order valence-corrected chi connectivity index (χ3v) is 3.68. The Morgan fingerprint density at radius 1 is 1.41 bits per heavy atom. The van der Waals surface area contributed by atoms with E-state index in [4.69, 9.17) is 28.9 Å². The van der Waals surface area contributed by atoms with E-state index in [0.717, 1.165) is 12.8 Å². The fraction of sp³-hybridized carbons (Fsp3) is 0.417. The average Bonchev–Trinajstić information content (AvgIpc) is 3.13. The highest BCUT2D eigenvalue weighted by molar-refractivity contribution is 6.42. The smallest absolute Gasteiger partial charge is 0.251 e. The first-order valence-corrected chi connectivity index (χ1v) is 6.33. The molecule has 1 aliphatic rings. The number of benzene rings is 1. The van der Waals surface area contributed by atoms with Gasteiger partial charge in [-0.15, -0.1) is 0 Å². The molecule has 92 valence electrons. The predicted molar refractivity (Wildman–Crippen MR) is 69.5 cm³/mol. The van der Waals surface area contributed by atoms with E-state index in [1.165, 1.54) is 0 Å². The van der Waals surface area contributed by atoms with Crippen LogP contribution < -0.4 is 11.1 Å². The van der Waals surface area contributed by atoms with E-state index in [-0.39, 0.29) is 11.9 Å². The average molecular weight is 273 g/mol. The number of rotatable bonds is 4. The van der Waals surface area contributed by atoms with Crippen molar-refractivity contribution in [2.24, 2.45) is 11.7 Å². The first-order chi connectivity index (χ1) is 8.11.